The summed E-state index contributed by atoms with van der Waals surface area (Å²) in [7, 11) is 0. The van der Waals surface area contributed by atoms with Gasteiger partial charge in [0.25, 0.3) is 5.91 Å². The van der Waals surface area contributed by atoms with Gasteiger partial charge in [-0.3, -0.25) is 9.59 Å². The number of nitrogens with one attached hydrogen (secondary N) is 2. The number of rotatable bonds is 9. The van der Waals surface area contributed by atoms with Crippen molar-refractivity contribution in [2.24, 2.45) is 5.92 Å². The summed E-state index contributed by atoms with van der Waals surface area (Å²) >= 11 is 0. The van der Waals surface area contributed by atoms with Crippen LogP contribution in [0, 0.1) is 5.92 Å². The fourth-order valence-corrected chi connectivity index (χ4v) is 5.48. The zero-order chi connectivity index (χ0) is 28.6. The van der Waals surface area contributed by atoms with E-state index in [0.29, 0.717) is 17.1 Å². The van der Waals surface area contributed by atoms with Crippen molar-refractivity contribution in [2.45, 2.75) is 38.6 Å². The highest BCUT2D eigenvalue weighted by Crippen LogP contribution is 2.35. The number of nitrogens with zero attached hydrogens (tertiary/aromatic N) is 1. The second-order valence-corrected chi connectivity index (χ2v) is 10.8. The summed E-state index contributed by atoms with van der Waals surface area (Å²) in [5, 5.41) is 6.14. The molecule has 1 unspecified atom stereocenters. The Hall–Kier alpha value is -4.58. The molecule has 1 atom stereocenters. The summed E-state index contributed by atoms with van der Waals surface area (Å²) < 4.78 is 5.96. The van der Waals surface area contributed by atoms with Crippen LogP contribution in [-0.2, 0) is 4.79 Å². The monoisotopic (exact) mass is 547 g/mol. The van der Waals surface area contributed by atoms with E-state index < -0.39 is 0 Å². The van der Waals surface area contributed by atoms with Crippen molar-refractivity contribution in [3.8, 4) is 11.5 Å². The molecule has 6 heteroatoms. The highest BCUT2D eigenvalue weighted by atomic mass is 16.5. The molecule has 0 spiro atoms. The van der Waals surface area contributed by atoms with Crippen molar-refractivity contribution < 1.29 is 14.3 Å². The largest absolute Gasteiger partial charge is 0.457 e. The standard InChI is InChI=1S/C35H37N3O3/c1-25(2)36-35(40)33(26-11-5-3-6-12-26)27-21-23-38(24-22-27)29-19-17-28(18-20-29)37-34(39)31-15-9-10-16-32(31)41-30-13-7-4-8-14-30/h3-20,25,27,33H,21-24H2,1-2H3,(H,36,40)(H,37,39). The molecule has 0 saturated carbocycles. The summed E-state index contributed by atoms with van der Waals surface area (Å²) in [4.78, 5) is 28.6. The number of hydrogen-bond donors (Lipinski definition) is 2. The summed E-state index contributed by atoms with van der Waals surface area (Å²) in [5.74, 6) is 1.21. The number of carbonyl (C=O) groups is 2. The number of para-hydroxylation sites is 2. The van der Waals surface area contributed by atoms with Crippen molar-refractivity contribution in [1.82, 2.24) is 5.32 Å². The van der Waals surface area contributed by atoms with Crippen LogP contribution in [0.25, 0.3) is 0 Å². The average Bonchev–Trinajstić information content (AvgIpc) is 2.99. The highest BCUT2D eigenvalue weighted by Gasteiger charge is 2.33. The lowest BCUT2D eigenvalue weighted by molar-refractivity contribution is -0.124. The highest BCUT2D eigenvalue weighted by molar-refractivity contribution is 6.06. The second kappa shape index (κ2) is 13.2. The van der Waals surface area contributed by atoms with Gasteiger partial charge >= 0.3 is 0 Å². The Kier molecular flexibility index (Phi) is 8.99. The minimum atomic E-state index is -0.225. The summed E-state index contributed by atoms with van der Waals surface area (Å²) in [6.07, 6.45) is 1.86. The maximum Gasteiger partial charge on any atom is 0.259 e. The van der Waals surface area contributed by atoms with E-state index in [1.807, 2.05) is 98.8 Å². The zero-order valence-electron chi connectivity index (χ0n) is 23.6. The smallest absolute Gasteiger partial charge is 0.259 e. The van der Waals surface area contributed by atoms with Crippen LogP contribution in [0.3, 0.4) is 0 Å². The molecule has 41 heavy (non-hydrogen) atoms. The van der Waals surface area contributed by atoms with Crippen molar-refractivity contribution in [1.29, 1.82) is 0 Å². The minimum Gasteiger partial charge on any atom is -0.457 e. The molecule has 0 radical (unpaired) electrons. The van der Waals surface area contributed by atoms with Gasteiger partial charge in [-0.05, 0) is 86.7 Å². The first-order chi connectivity index (χ1) is 20.0. The molecular weight excluding hydrogens is 510 g/mol. The molecule has 6 nitrogen and oxygen atoms in total. The van der Waals surface area contributed by atoms with Crippen LogP contribution in [-0.4, -0.2) is 30.9 Å². The van der Waals surface area contributed by atoms with Crippen LogP contribution in [0.1, 0.15) is 48.5 Å². The molecule has 5 rings (SSSR count). The van der Waals surface area contributed by atoms with Crippen LogP contribution in [0.4, 0.5) is 11.4 Å². The van der Waals surface area contributed by atoms with Crippen molar-refractivity contribution in [3.05, 3.63) is 120 Å². The quantitative estimate of drug-likeness (QED) is 0.231. The van der Waals surface area contributed by atoms with Crippen LogP contribution in [0.15, 0.2) is 109 Å². The molecule has 0 aromatic heterocycles. The first-order valence-corrected chi connectivity index (χ1v) is 14.3. The molecule has 1 fully saturated rings. The molecule has 210 valence electrons. The molecule has 1 saturated heterocycles. The molecule has 2 amide bonds. The Bertz CT molecular complexity index is 1430. The lowest BCUT2D eigenvalue weighted by atomic mass is 9.79. The van der Waals surface area contributed by atoms with Crippen LogP contribution < -0.4 is 20.3 Å². The fourth-order valence-electron chi connectivity index (χ4n) is 5.48. The Balaban J connectivity index is 1.21. The van der Waals surface area contributed by atoms with Gasteiger partial charge in [-0.15, -0.1) is 0 Å². The molecule has 4 aromatic rings. The predicted octanol–water partition coefficient (Wildman–Crippen LogP) is 7.26. The average molecular weight is 548 g/mol. The Morgan fingerprint density at radius 2 is 1.39 bits per heavy atom. The first-order valence-electron chi connectivity index (χ1n) is 14.3. The minimum absolute atomic E-state index is 0.109. The third-order valence-corrected chi connectivity index (χ3v) is 7.48. The third-order valence-electron chi connectivity index (χ3n) is 7.48. The number of carbonyl (C=O) groups excluding carboxylic acids is 2. The molecule has 2 N–H and O–H groups in total. The molecule has 1 aliphatic heterocycles. The van der Waals surface area contributed by atoms with Gasteiger partial charge in [0, 0.05) is 30.5 Å². The number of anilines is 2. The number of hydrogen-bond acceptors (Lipinski definition) is 4. The van der Waals surface area contributed by atoms with E-state index in [4.69, 9.17) is 4.74 Å². The van der Waals surface area contributed by atoms with E-state index in [1.165, 1.54) is 0 Å². The fraction of sp³-hybridized carbons (Fsp3) is 0.257. The lowest BCUT2D eigenvalue weighted by Gasteiger charge is -2.37. The molecular formula is C35H37N3O3. The van der Waals surface area contributed by atoms with Crippen LogP contribution in [0.2, 0.25) is 0 Å². The Morgan fingerprint density at radius 1 is 0.780 bits per heavy atom. The SMILES string of the molecule is CC(C)NC(=O)C(c1ccccc1)C1CCN(c2ccc(NC(=O)c3ccccc3Oc3ccccc3)cc2)CC1. The van der Waals surface area contributed by atoms with Crippen LogP contribution >= 0.6 is 0 Å². The van der Waals surface area contributed by atoms with Gasteiger partial charge < -0.3 is 20.3 Å². The van der Waals surface area contributed by atoms with Gasteiger partial charge in [-0.2, -0.15) is 0 Å². The predicted molar refractivity (Wildman–Crippen MR) is 165 cm³/mol. The van der Waals surface area contributed by atoms with Gasteiger partial charge in [0.15, 0.2) is 0 Å². The number of ether oxygens (including phenoxy) is 1. The van der Waals surface area contributed by atoms with E-state index in [0.717, 1.165) is 42.9 Å². The summed E-state index contributed by atoms with van der Waals surface area (Å²) in [6.45, 7) is 5.76. The lowest BCUT2D eigenvalue weighted by Crippen LogP contribution is -2.42. The molecule has 0 aliphatic carbocycles. The second-order valence-electron chi connectivity index (χ2n) is 10.8. The van der Waals surface area contributed by atoms with Gasteiger partial charge in [0.1, 0.15) is 11.5 Å². The zero-order valence-corrected chi connectivity index (χ0v) is 23.6. The Labute approximate surface area is 242 Å². The Morgan fingerprint density at radius 3 is 2.05 bits per heavy atom. The number of piperidine rings is 1. The molecule has 0 bridgehead atoms. The third kappa shape index (κ3) is 7.14. The summed E-state index contributed by atoms with van der Waals surface area (Å²) in [5.41, 5.74) is 3.38. The van der Waals surface area contributed by atoms with E-state index in [2.05, 4.69) is 27.7 Å². The van der Waals surface area contributed by atoms with Crippen molar-refractivity contribution in [2.75, 3.05) is 23.3 Å². The topological polar surface area (TPSA) is 70.7 Å². The van der Waals surface area contributed by atoms with Crippen LogP contribution in [0.5, 0.6) is 11.5 Å². The van der Waals surface area contributed by atoms with Crippen molar-refractivity contribution in [3.63, 3.8) is 0 Å². The number of amides is 2. The molecule has 1 aliphatic rings. The van der Waals surface area contributed by atoms with Crippen molar-refractivity contribution >= 4 is 23.2 Å². The molecule has 1 heterocycles. The summed E-state index contributed by atoms with van der Waals surface area (Å²) in [6, 6.07) is 34.9. The van der Waals surface area contributed by atoms with E-state index in [1.54, 1.807) is 12.1 Å². The van der Waals surface area contributed by atoms with Gasteiger partial charge in [0.2, 0.25) is 5.91 Å². The maximum absolute atomic E-state index is 13.2. The first kappa shape index (κ1) is 28.0. The van der Waals surface area contributed by atoms with Gasteiger partial charge in [-0.25, -0.2) is 0 Å². The maximum atomic E-state index is 13.2. The molecule has 4 aromatic carbocycles. The van der Waals surface area contributed by atoms with E-state index >= 15 is 0 Å². The van der Waals surface area contributed by atoms with E-state index in [-0.39, 0.29) is 29.7 Å². The normalized spacial score (nSPS) is 14.4. The number of benzene rings is 4. The van der Waals surface area contributed by atoms with E-state index in [9.17, 15) is 9.59 Å². The van der Waals surface area contributed by atoms with Gasteiger partial charge in [-0.1, -0.05) is 60.7 Å². The van der Waals surface area contributed by atoms with Gasteiger partial charge in [0.05, 0.1) is 11.5 Å².